The number of carbonyl (C=O) groups excluding carboxylic acids is 1. The van der Waals surface area contributed by atoms with Crippen LogP contribution >= 0.6 is 0 Å². The summed E-state index contributed by atoms with van der Waals surface area (Å²) in [5.74, 6) is -0.881. The van der Waals surface area contributed by atoms with Crippen molar-refractivity contribution in [1.82, 2.24) is 5.32 Å². The predicted molar refractivity (Wildman–Crippen MR) is 66.4 cm³/mol. The van der Waals surface area contributed by atoms with Gasteiger partial charge in [0.2, 0.25) is 5.91 Å². The fourth-order valence-electron chi connectivity index (χ4n) is 1.34. The van der Waals surface area contributed by atoms with Crippen LogP contribution in [0.1, 0.15) is 32.1 Å². The number of amides is 1. The monoisotopic (exact) mass is 261 g/mol. The zero-order chi connectivity index (χ0) is 13.6. The summed E-state index contributed by atoms with van der Waals surface area (Å²) in [7, 11) is 1.58. The highest BCUT2D eigenvalue weighted by atomic mass is 16.5. The van der Waals surface area contributed by atoms with E-state index in [0.29, 0.717) is 26.2 Å². The van der Waals surface area contributed by atoms with E-state index < -0.39 is 5.97 Å². The van der Waals surface area contributed by atoms with Crippen LogP contribution in [0.15, 0.2) is 0 Å². The van der Waals surface area contributed by atoms with Gasteiger partial charge in [0.25, 0.3) is 0 Å². The lowest BCUT2D eigenvalue weighted by atomic mass is 10.1. The first-order chi connectivity index (χ1) is 8.66. The molecular weight excluding hydrogens is 238 g/mol. The van der Waals surface area contributed by atoms with E-state index in [9.17, 15) is 9.59 Å². The predicted octanol–water partition coefficient (Wildman–Crippen LogP) is 0.801. The first kappa shape index (κ1) is 16.9. The van der Waals surface area contributed by atoms with Crippen molar-refractivity contribution < 1.29 is 24.2 Å². The second kappa shape index (κ2) is 12.3. The van der Waals surface area contributed by atoms with Gasteiger partial charge in [0.05, 0.1) is 13.2 Å². The van der Waals surface area contributed by atoms with Crippen molar-refractivity contribution in [2.75, 3.05) is 33.5 Å². The lowest BCUT2D eigenvalue weighted by Crippen LogP contribution is -2.29. The fourth-order valence-corrected chi connectivity index (χ4v) is 1.34. The molecule has 1 amide bonds. The van der Waals surface area contributed by atoms with Crippen LogP contribution in [0.3, 0.4) is 0 Å². The van der Waals surface area contributed by atoms with Gasteiger partial charge in [0.15, 0.2) is 0 Å². The molecule has 0 rings (SSSR count). The quantitative estimate of drug-likeness (QED) is 0.508. The van der Waals surface area contributed by atoms with Crippen molar-refractivity contribution >= 4 is 11.9 Å². The van der Waals surface area contributed by atoms with Crippen molar-refractivity contribution in [2.24, 2.45) is 0 Å². The van der Waals surface area contributed by atoms with Gasteiger partial charge in [-0.15, -0.1) is 0 Å². The molecule has 0 aliphatic carbocycles. The minimum absolute atomic E-state index is 0.0579. The Morgan fingerprint density at radius 1 is 1.11 bits per heavy atom. The van der Waals surface area contributed by atoms with Crippen LogP contribution in [-0.4, -0.2) is 50.5 Å². The molecule has 0 spiro atoms. The van der Waals surface area contributed by atoms with Gasteiger partial charge in [-0.25, -0.2) is 0 Å². The molecule has 0 atom stereocenters. The summed E-state index contributed by atoms with van der Waals surface area (Å²) in [6.07, 6.45) is 3.59. The molecule has 106 valence electrons. The van der Waals surface area contributed by atoms with Gasteiger partial charge in [0.1, 0.15) is 6.61 Å². The van der Waals surface area contributed by atoms with Crippen molar-refractivity contribution in [1.29, 1.82) is 0 Å². The van der Waals surface area contributed by atoms with Crippen molar-refractivity contribution in [3.05, 3.63) is 0 Å². The molecule has 0 saturated carbocycles. The van der Waals surface area contributed by atoms with E-state index in [4.69, 9.17) is 14.6 Å². The van der Waals surface area contributed by atoms with Gasteiger partial charge < -0.3 is 19.9 Å². The molecule has 0 saturated heterocycles. The smallest absolute Gasteiger partial charge is 0.303 e. The third-order valence-corrected chi connectivity index (χ3v) is 2.30. The van der Waals surface area contributed by atoms with E-state index in [-0.39, 0.29) is 18.9 Å². The minimum atomic E-state index is -0.753. The Morgan fingerprint density at radius 3 is 2.50 bits per heavy atom. The highest BCUT2D eigenvalue weighted by molar-refractivity contribution is 5.77. The standard InChI is InChI=1S/C12H23NO5/c1-17-8-9-18-10-11(14)13-7-5-3-2-4-6-12(15)16/h2-10H2,1H3,(H,13,14)(H,15,16). The summed E-state index contributed by atoms with van der Waals surface area (Å²) in [4.78, 5) is 21.5. The van der Waals surface area contributed by atoms with Gasteiger partial charge in [-0.3, -0.25) is 9.59 Å². The summed E-state index contributed by atoms with van der Waals surface area (Å²) in [5.41, 5.74) is 0. The van der Waals surface area contributed by atoms with E-state index in [1.54, 1.807) is 7.11 Å². The van der Waals surface area contributed by atoms with Gasteiger partial charge in [-0.1, -0.05) is 12.8 Å². The van der Waals surface area contributed by atoms with Crippen LogP contribution < -0.4 is 5.32 Å². The Kier molecular flexibility index (Phi) is 11.5. The largest absolute Gasteiger partial charge is 0.481 e. The molecular formula is C12H23NO5. The molecule has 2 N–H and O–H groups in total. The number of aliphatic carboxylic acids is 1. The Morgan fingerprint density at radius 2 is 1.83 bits per heavy atom. The number of hydrogen-bond donors (Lipinski definition) is 2. The molecule has 18 heavy (non-hydrogen) atoms. The molecule has 0 aromatic heterocycles. The van der Waals surface area contributed by atoms with Crippen LogP contribution in [0.5, 0.6) is 0 Å². The van der Waals surface area contributed by atoms with E-state index in [2.05, 4.69) is 5.32 Å². The highest BCUT2D eigenvalue weighted by Crippen LogP contribution is 2.01. The average molecular weight is 261 g/mol. The van der Waals surface area contributed by atoms with Gasteiger partial charge in [0, 0.05) is 20.1 Å². The molecule has 0 radical (unpaired) electrons. The molecule has 0 aromatic rings. The van der Waals surface area contributed by atoms with Crippen LogP contribution in [0, 0.1) is 0 Å². The van der Waals surface area contributed by atoms with Crippen LogP contribution in [-0.2, 0) is 19.1 Å². The maximum Gasteiger partial charge on any atom is 0.303 e. The van der Waals surface area contributed by atoms with E-state index in [0.717, 1.165) is 19.3 Å². The highest BCUT2D eigenvalue weighted by Gasteiger charge is 2.00. The Labute approximate surface area is 108 Å². The zero-order valence-corrected chi connectivity index (χ0v) is 10.9. The lowest BCUT2D eigenvalue weighted by Gasteiger charge is -2.05. The first-order valence-electron chi connectivity index (χ1n) is 6.22. The second-order valence-electron chi connectivity index (χ2n) is 3.95. The molecule has 0 fully saturated rings. The van der Waals surface area contributed by atoms with Gasteiger partial charge in [-0.2, -0.15) is 0 Å². The number of carboxylic acids is 1. The number of carboxylic acid groups (broad SMARTS) is 1. The van der Waals surface area contributed by atoms with Crippen molar-refractivity contribution in [3.63, 3.8) is 0 Å². The molecule has 0 bridgehead atoms. The van der Waals surface area contributed by atoms with Crippen LogP contribution in [0.2, 0.25) is 0 Å². The molecule has 0 aliphatic heterocycles. The maximum atomic E-state index is 11.2. The molecule has 0 aromatic carbocycles. The second-order valence-corrected chi connectivity index (χ2v) is 3.95. The van der Waals surface area contributed by atoms with Crippen molar-refractivity contribution in [2.45, 2.75) is 32.1 Å². The number of nitrogens with one attached hydrogen (secondary N) is 1. The Balaban J connectivity index is 3.17. The van der Waals surface area contributed by atoms with E-state index >= 15 is 0 Å². The summed E-state index contributed by atoms with van der Waals surface area (Å²) in [6.45, 7) is 1.57. The third kappa shape index (κ3) is 12.9. The molecule has 0 heterocycles. The maximum absolute atomic E-state index is 11.2. The fraction of sp³-hybridized carbons (Fsp3) is 0.833. The summed E-state index contributed by atoms with van der Waals surface area (Å²) in [5, 5.41) is 11.2. The molecule has 0 unspecified atom stereocenters. The summed E-state index contributed by atoms with van der Waals surface area (Å²) < 4.78 is 9.83. The Bertz CT molecular complexity index is 233. The number of unbranched alkanes of at least 4 members (excludes halogenated alkanes) is 3. The number of hydrogen-bond acceptors (Lipinski definition) is 4. The number of ether oxygens (including phenoxy) is 2. The van der Waals surface area contributed by atoms with Gasteiger partial charge in [-0.05, 0) is 12.8 Å². The first-order valence-corrected chi connectivity index (χ1v) is 6.22. The normalized spacial score (nSPS) is 10.3. The van der Waals surface area contributed by atoms with Gasteiger partial charge >= 0.3 is 5.97 Å². The molecule has 6 heteroatoms. The number of methoxy groups -OCH3 is 1. The van der Waals surface area contributed by atoms with E-state index in [1.807, 2.05) is 0 Å². The summed E-state index contributed by atoms with van der Waals surface area (Å²) in [6, 6.07) is 0. The lowest BCUT2D eigenvalue weighted by molar-refractivity contribution is -0.137. The number of rotatable bonds is 12. The third-order valence-electron chi connectivity index (χ3n) is 2.30. The summed E-state index contributed by atoms with van der Waals surface area (Å²) >= 11 is 0. The van der Waals surface area contributed by atoms with Crippen LogP contribution in [0.4, 0.5) is 0 Å². The topological polar surface area (TPSA) is 84.9 Å². The SMILES string of the molecule is COCCOCC(=O)NCCCCCCC(=O)O. The van der Waals surface area contributed by atoms with Crippen molar-refractivity contribution in [3.8, 4) is 0 Å². The van der Waals surface area contributed by atoms with E-state index in [1.165, 1.54) is 0 Å². The number of carbonyl (C=O) groups is 2. The zero-order valence-electron chi connectivity index (χ0n) is 10.9. The Hall–Kier alpha value is -1.14. The average Bonchev–Trinajstić information content (AvgIpc) is 2.33. The van der Waals surface area contributed by atoms with Crippen LogP contribution in [0.25, 0.3) is 0 Å². The molecule has 6 nitrogen and oxygen atoms in total. The minimum Gasteiger partial charge on any atom is -0.481 e. The molecule has 0 aliphatic rings.